The van der Waals surface area contributed by atoms with Gasteiger partial charge in [0.15, 0.2) is 0 Å². The number of carbonyl (C=O) groups excluding carboxylic acids is 3. The van der Waals surface area contributed by atoms with E-state index in [0.29, 0.717) is 30.2 Å². The van der Waals surface area contributed by atoms with Crippen molar-refractivity contribution in [1.82, 2.24) is 5.32 Å². The Hall–Kier alpha value is -2.08. The van der Waals surface area contributed by atoms with E-state index in [1.807, 2.05) is 0 Å². The number of benzene rings is 1. The summed E-state index contributed by atoms with van der Waals surface area (Å²) in [6.07, 6.45) is 0.946. The second-order valence-corrected chi connectivity index (χ2v) is 5.79. The third-order valence-corrected chi connectivity index (χ3v) is 3.94. The van der Waals surface area contributed by atoms with Crippen molar-refractivity contribution in [1.29, 1.82) is 0 Å². The van der Waals surface area contributed by atoms with Crippen molar-refractivity contribution < 1.29 is 19.1 Å². The summed E-state index contributed by atoms with van der Waals surface area (Å²) in [5.41, 5.74) is 0.698. The van der Waals surface area contributed by atoms with Crippen molar-refractivity contribution in [2.75, 3.05) is 25.1 Å². The van der Waals surface area contributed by atoms with E-state index in [1.165, 1.54) is 7.11 Å². The SMILES string of the molecule is COC(=O)CCCNC(=O)C1CC(=O)N(c2cccc(Cl)c2)C1. The van der Waals surface area contributed by atoms with Gasteiger partial charge in [-0.2, -0.15) is 0 Å². The first-order valence-corrected chi connectivity index (χ1v) is 7.79. The molecule has 23 heavy (non-hydrogen) atoms. The molecule has 6 nitrogen and oxygen atoms in total. The maximum Gasteiger partial charge on any atom is 0.305 e. The molecule has 0 saturated carbocycles. The summed E-state index contributed by atoms with van der Waals surface area (Å²) < 4.78 is 4.53. The number of nitrogens with zero attached hydrogens (tertiary/aromatic N) is 1. The van der Waals surface area contributed by atoms with Crippen molar-refractivity contribution in [2.24, 2.45) is 5.92 Å². The van der Waals surface area contributed by atoms with E-state index in [4.69, 9.17) is 11.6 Å². The molecule has 124 valence electrons. The zero-order valence-corrected chi connectivity index (χ0v) is 13.6. The monoisotopic (exact) mass is 338 g/mol. The minimum absolute atomic E-state index is 0.0954. The topological polar surface area (TPSA) is 75.7 Å². The van der Waals surface area contributed by atoms with Crippen LogP contribution in [-0.2, 0) is 19.1 Å². The predicted octanol–water partition coefficient (Wildman–Crippen LogP) is 1.76. The van der Waals surface area contributed by atoms with E-state index in [0.717, 1.165) is 0 Å². The van der Waals surface area contributed by atoms with Crippen molar-refractivity contribution >= 4 is 35.1 Å². The molecule has 1 aliphatic heterocycles. The molecule has 1 atom stereocenters. The highest BCUT2D eigenvalue weighted by molar-refractivity contribution is 6.30. The van der Waals surface area contributed by atoms with Crippen LogP contribution in [0.2, 0.25) is 5.02 Å². The van der Waals surface area contributed by atoms with Crippen molar-refractivity contribution in [3.05, 3.63) is 29.3 Å². The van der Waals surface area contributed by atoms with E-state index in [2.05, 4.69) is 10.1 Å². The number of rotatable bonds is 6. The molecule has 1 N–H and O–H groups in total. The van der Waals surface area contributed by atoms with Gasteiger partial charge in [-0.1, -0.05) is 17.7 Å². The van der Waals surface area contributed by atoms with Crippen LogP contribution < -0.4 is 10.2 Å². The van der Waals surface area contributed by atoms with Gasteiger partial charge in [-0.25, -0.2) is 0 Å². The van der Waals surface area contributed by atoms with E-state index >= 15 is 0 Å². The first-order valence-electron chi connectivity index (χ1n) is 7.41. The van der Waals surface area contributed by atoms with Gasteiger partial charge in [0, 0.05) is 36.6 Å². The average molecular weight is 339 g/mol. The van der Waals surface area contributed by atoms with Crippen LogP contribution in [0.3, 0.4) is 0 Å². The summed E-state index contributed by atoms with van der Waals surface area (Å²) in [7, 11) is 1.33. The standard InChI is InChI=1S/C16H19ClN2O4/c1-23-15(21)6-3-7-18-16(22)11-8-14(20)19(10-11)13-5-2-4-12(17)9-13/h2,4-5,9,11H,3,6-8,10H2,1H3,(H,18,22). The molecule has 7 heteroatoms. The molecule has 1 heterocycles. The van der Waals surface area contributed by atoms with Gasteiger partial charge in [0.25, 0.3) is 0 Å². The summed E-state index contributed by atoms with van der Waals surface area (Å²) in [5, 5.41) is 3.30. The summed E-state index contributed by atoms with van der Waals surface area (Å²) in [4.78, 5) is 36.8. The predicted molar refractivity (Wildman–Crippen MR) is 86.2 cm³/mol. The van der Waals surface area contributed by atoms with E-state index < -0.39 is 0 Å². The maximum atomic E-state index is 12.1. The first kappa shape index (κ1) is 17.3. The number of esters is 1. The lowest BCUT2D eigenvalue weighted by molar-refractivity contribution is -0.140. The Labute approximate surface area is 139 Å². The second-order valence-electron chi connectivity index (χ2n) is 5.36. The summed E-state index contributed by atoms with van der Waals surface area (Å²) in [6.45, 7) is 0.720. The normalized spacial score (nSPS) is 17.2. The lowest BCUT2D eigenvalue weighted by atomic mass is 10.1. The molecule has 1 aromatic rings. The van der Waals surface area contributed by atoms with Gasteiger partial charge in [0.05, 0.1) is 13.0 Å². The second kappa shape index (κ2) is 7.97. The Morgan fingerprint density at radius 3 is 2.91 bits per heavy atom. The van der Waals surface area contributed by atoms with Gasteiger partial charge in [-0.05, 0) is 24.6 Å². The minimum atomic E-state index is -0.389. The minimum Gasteiger partial charge on any atom is -0.469 e. The van der Waals surface area contributed by atoms with Gasteiger partial charge in [0.2, 0.25) is 11.8 Å². The fraction of sp³-hybridized carbons (Fsp3) is 0.438. The Kier molecular flexibility index (Phi) is 5.98. The molecular formula is C16H19ClN2O4. The van der Waals surface area contributed by atoms with E-state index in [9.17, 15) is 14.4 Å². The number of hydrogen-bond acceptors (Lipinski definition) is 4. The molecule has 1 aliphatic rings. The van der Waals surface area contributed by atoms with Crippen LogP contribution >= 0.6 is 11.6 Å². The highest BCUT2D eigenvalue weighted by Gasteiger charge is 2.34. The Balaban J connectivity index is 1.84. The lowest BCUT2D eigenvalue weighted by Crippen LogP contribution is -2.33. The molecule has 0 aliphatic carbocycles. The van der Waals surface area contributed by atoms with Gasteiger partial charge in [-0.3, -0.25) is 14.4 Å². The number of carbonyl (C=O) groups is 3. The fourth-order valence-corrected chi connectivity index (χ4v) is 2.65. The van der Waals surface area contributed by atoms with Gasteiger partial charge in [0.1, 0.15) is 0 Å². The highest BCUT2D eigenvalue weighted by atomic mass is 35.5. The van der Waals surface area contributed by atoms with Crippen molar-refractivity contribution in [3.63, 3.8) is 0 Å². The smallest absolute Gasteiger partial charge is 0.305 e. The number of anilines is 1. The molecule has 0 aromatic heterocycles. The van der Waals surface area contributed by atoms with Crippen LogP contribution in [-0.4, -0.2) is 38.0 Å². The zero-order valence-electron chi connectivity index (χ0n) is 12.9. The Morgan fingerprint density at radius 2 is 2.22 bits per heavy atom. The number of nitrogens with one attached hydrogen (secondary N) is 1. The fourth-order valence-electron chi connectivity index (χ4n) is 2.47. The molecule has 1 fully saturated rings. The number of halogens is 1. The van der Waals surface area contributed by atoms with Gasteiger partial charge >= 0.3 is 5.97 Å². The number of hydrogen-bond donors (Lipinski definition) is 1. The largest absolute Gasteiger partial charge is 0.469 e. The van der Waals surface area contributed by atoms with Crippen LogP contribution in [0.25, 0.3) is 0 Å². The highest BCUT2D eigenvalue weighted by Crippen LogP contribution is 2.27. The average Bonchev–Trinajstić information content (AvgIpc) is 2.93. The zero-order chi connectivity index (χ0) is 16.8. The van der Waals surface area contributed by atoms with Crippen LogP contribution in [0, 0.1) is 5.92 Å². The lowest BCUT2D eigenvalue weighted by Gasteiger charge is -2.17. The van der Waals surface area contributed by atoms with Crippen LogP contribution in [0.5, 0.6) is 0 Å². The number of amides is 2. The molecule has 0 spiro atoms. The van der Waals surface area contributed by atoms with Crippen LogP contribution in [0.4, 0.5) is 5.69 Å². The third-order valence-electron chi connectivity index (χ3n) is 3.70. The van der Waals surface area contributed by atoms with Gasteiger partial charge in [-0.15, -0.1) is 0 Å². The van der Waals surface area contributed by atoms with Crippen molar-refractivity contribution in [2.45, 2.75) is 19.3 Å². The Bertz CT molecular complexity index is 605. The number of methoxy groups -OCH3 is 1. The molecule has 2 rings (SSSR count). The van der Waals surface area contributed by atoms with Crippen LogP contribution in [0.15, 0.2) is 24.3 Å². The third kappa shape index (κ3) is 4.69. The van der Waals surface area contributed by atoms with Gasteiger partial charge < -0.3 is 15.0 Å². The Morgan fingerprint density at radius 1 is 1.43 bits per heavy atom. The van der Waals surface area contributed by atoms with Crippen molar-refractivity contribution in [3.8, 4) is 0 Å². The van der Waals surface area contributed by atoms with Crippen LogP contribution in [0.1, 0.15) is 19.3 Å². The molecule has 2 amide bonds. The molecule has 1 aromatic carbocycles. The van der Waals surface area contributed by atoms with E-state index in [-0.39, 0.29) is 36.5 Å². The summed E-state index contributed by atoms with van der Waals surface area (Å²) in [5.74, 6) is -0.961. The maximum absolute atomic E-state index is 12.1. The summed E-state index contributed by atoms with van der Waals surface area (Å²) >= 11 is 5.94. The molecule has 0 radical (unpaired) electrons. The number of ether oxygens (including phenoxy) is 1. The molecule has 1 unspecified atom stereocenters. The first-order chi connectivity index (χ1) is 11.0. The summed E-state index contributed by atoms with van der Waals surface area (Å²) in [6, 6.07) is 7.00. The quantitative estimate of drug-likeness (QED) is 0.633. The van der Waals surface area contributed by atoms with E-state index in [1.54, 1.807) is 29.2 Å². The molecule has 1 saturated heterocycles. The molecular weight excluding hydrogens is 320 g/mol. The molecule has 0 bridgehead atoms.